The van der Waals surface area contributed by atoms with E-state index in [-0.39, 0.29) is 17.2 Å². The molecular formula is C13H13N7O2. The van der Waals surface area contributed by atoms with E-state index in [0.29, 0.717) is 24.1 Å². The summed E-state index contributed by atoms with van der Waals surface area (Å²) in [7, 11) is 1.70. The molecule has 9 nitrogen and oxygen atoms in total. The van der Waals surface area contributed by atoms with Gasteiger partial charge in [0.1, 0.15) is 11.6 Å². The molecule has 2 N–H and O–H groups in total. The van der Waals surface area contributed by atoms with Crippen molar-refractivity contribution in [2.45, 2.75) is 5.92 Å². The van der Waals surface area contributed by atoms with Crippen LogP contribution in [0.25, 0.3) is 11.0 Å². The Labute approximate surface area is 123 Å². The molecule has 3 aromatic rings. The average Bonchev–Trinajstić information content (AvgIpc) is 2.79. The number of aromatic nitrogens is 6. The fraction of sp³-hybridized carbons (Fsp3) is 0.308. The summed E-state index contributed by atoms with van der Waals surface area (Å²) >= 11 is 0. The molecule has 0 spiro atoms. The second-order valence-corrected chi connectivity index (χ2v) is 5.32. The van der Waals surface area contributed by atoms with Gasteiger partial charge in [-0.15, -0.1) is 0 Å². The highest BCUT2D eigenvalue weighted by atomic mass is 16.1. The van der Waals surface area contributed by atoms with Gasteiger partial charge in [-0.1, -0.05) is 0 Å². The molecule has 0 aliphatic carbocycles. The fourth-order valence-corrected chi connectivity index (χ4v) is 2.67. The zero-order chi connectivity index (χ0) is 15.3. The van der Waals surface area contributed by atoms with Crippen LogP contribution in [0.4, 0.5) is 5.82 Å². The van der Waals surface area contributed by atoms with Gasteiger partial charge in [0.2, 0.25) is 0 Å². The van der Waals surface area contributed by atoms with Crippen LogP contribution >= 0.6 is 0 Å². The molecule has 4 heterocycles. The van der Waals surface area contributed by atoms with Crippen molar-refractivity contribution in [3.05, 3.63) is 45.1 Å². The van der Waals surface area contributed by atoms with Gasteiger partial charge >= 0.3 is 5.69 Å². The number of fused-ring (bicyclic) bond motifs is 1. The van der Waals surface area contributed by atoms with Crippen molar-refractivity contribution in [1.82, 2.24) is 29.7 Å². The summed E-state index contributed by atoms with van der Waals surface area (Å²) < 4.78 is 1.52. The maximum Gasteiger partial charge on any atom is 0.343 e. The second kappa shape index (κ2) is 4.52. The quantitative estimate of drug-likeness (QED) is 0.650. The summed E-state index contributed by atoms with van der Waals surface area (Å²) in [6, 6.07) is 3.62. The van der Waals surface area contributed by atoms with Gasteiger partial charge in [-0.2, -0.15) is 5.10 Å². The topological polar surface area (TPSA) is 113 Å². The van der Waals surface area contributed by atoms with Gasteiger partial charge in [-0.3, -0.25) is 9.36 Å². The molecule has 1 aliphatic heterocycles. The maximum absolute atomic E-state index is 11.8. The Hall–Kier alpha value is -2.97. The van der Waals surface area contributed by atoms with Crippen molar-refractivity contribution < 1.29 is 0 Å². The highest BCUT2D eigenvalue weighted by Crippen LogP contribution is 2.29. The van der Waals surface area contributed by atoms with Crippen LogP contribution in [0.2, 0.25) is 0 Å². The van der Waals surface area contributed by atoms with Crippen LogP contribution < -0.4 is 16.1 Å². The number of pyridine rings is 1. The van der Waals surface area contributed by atoms with E-state index in [4.69, 9.17) is 0 Å². The van der Waals surface area contributed by atoms with Gasteiger partial charge in [-0.05, 0) is 12.1 Å². The van der Waals surface area contributed by atoms with E-state index in [9.17, 15) is 9.59 Å². The first-order chi connectivity index (χ1) is 10.6. The van der Waals surface area contributed by atoms with Crippen LogP contribution in [0.5, 0.6) is 0 Å². The Morgan fingerprint density at radius 2 is 2.09 bits per heavy atom. The monoisotopic (exact) mass is 299 g/mol. The Morgan fingerprint density at radius 1 is 1.27 bits per heavy atom. The third kappa shape index (κ3) is 1.82. The Morgan fingerprint density at radius 3 is 2.82 bits per heavy atom. The van der Waals surface area contributed by atoms with Crippen molar-refractivity contribution in [3.8, 4) is 0 Å². The fourth-order valence-electron chi connectivity index (χ4n) is 2.67. The number of nitrogens with one attached hydrogen (secondary N) is 2. The third-order valence-electron chi connectivity index (χ3n) is 3.96. The first-order valence-electron chi connectivity index (χ1n) is 6.84. The van der Waals surface area contributed by atoms with E-state index < -0.39 is 0 Å². The van der Waals surface area contributed by atoms with E-state index in [1.165, 1.54) is 10.9 Å². The number of nitrogens with zero attached hydrogens (tertiary/aromatic N) is 5. The number of hydrogen-bond acceptors (Lipinski definition) is 6. The van der Waals surface area contributed by atoms with Gasteiger partial charge in [0.25, 0.3) is 5.56 Å². The molecule has 0 atom stereocenters. The van der Waals surface area contributed by atoms with E-state index in [2.05, 4.69) is 25.1 Å². The summed E-state index contributed by atoms with van der Waals surface area (Å²) in [5.74, 6) is 1.64. The summed E-state index contributed by atoms with van der Waals surface area (Å²) in [5, 5.41) is 6.48. The molecular weight excluding hydrogens is 286 g/mol. The minimum atomic E-state index is -0.251. The van der Waals surface area contributed by atoms with Gasteiger partial charge in [0.05, 0.1) is 17.8 Å². The van der Waals surface area contributed by atoms with Gasteiger partial charge < -0.3 is 9.88 Å². The molecule has 1 aliphatic rings. The molecule has 0 bridgehead atoms. The van der Waals surface area contributed by atoms with Crippen LogP contribution in [0.1, 0.15) is 11.7 Å². The number of aromatic amines is 2. The Balaban J connectivity index is 1.60. The molecule has 112 valence electrons. The molecule has 0 unspecified atom stereocenters. The molecule has 3 aromatic heterocycles. The van der Waals surface area contributed by atoms with Crippen molar-refractivity contribution >= 4 is 16.9 Å². The average molecular weight is 299 g/mol. The lowest BCUT2D eigenvalue weighted by Gasteiger charge is -2.39. The van der Waals surface area contributed by atoms with Crippen LogP contribution in [-0.4, -0.2) is 42.8 Å². The minimum Gasteiger partial charge on any atom is -0.355 e. The lowest BCUT2D eigenvalue weighted by molar-refractivity contribution is 0.482. The standard InChI is InChI=1S/C13H13N7O2/c1-19-11(17-18-13(19)22)7-4-20(5-7)9-3-2-8-10(16-9)12(21)15-6-14-8/h2-3,6-7H,4-5H2,1H3,(H,18,22)(H,14,15,21). The number of hydrogen-bond donors (Lipinski definition) is 2. The van der Waals surface area contributed by atoms with Crippen molar-refractivity contribution in [3.63, 3.8) is 0 Å². The molecule has 1 fully saturated rings. The van der Waals surface area contributed by atoms with E-state index in [1.54, 1.807) is 13.1 Å². The summed E-state index contributed by atoms with van der Waals surface area (Å²) in [5.41, 5.74) is 0.434. The second-order valence-electron chi connectivity index (χ2n) is 5.32. The molecule has 1 saturated heterocycles. The van der Waals surface area contributed by atoms with E-state index in [0.717, 1.165) is 11.6 Å². The molecule has 0 radical (unpaired) electrons. The normalized spacial score (nSPS) is 15.2. The van der Waals surface area contributed by atoms with Crippen molar-refractivity contribution in [2.24, 2.45) is 7.05 Å². The van der Waals surface area contributed by atoms with Gasteiger partial charge in [0, 0.05) is 20.1 Å². The van der Waals surface area contributed by atoms with Gasteiger partial charge in [0.15, 0.2) is 5.52 Å². The molecule has 0 aromatic carbocycles. The molecule has 0 amide bonds. The van der Waals surface area contributed by atoms with Crippen LogP contribution in [-0.2, 0) is 7.05 Å². The van der Waals surface area contributed by atoms with E-state index >= 15 is 0 Å². The lowest BCUT2D eigenvalue weighted by Crippen LogP contribution is -2.46. The van der Waals surface area contributed by atoms with Crippen LogP contribution in [0, 0.1) is 0 Å². The number of anilines is 1. The molecule has 9 heteroatoms. The van der Waals surface area contributed by atoms with Crippen molar-refractivity contribution in [2.75, 3.05) is 18.0 Å². The zero-order valence-corrected chi connectivity index (χ0v) is 11.8. The minimum absolute atomic E-state index is 0.175. The summed E-state index contributed by atoms with van der Waals surface area (Å²) in [4.78, 5) is 36.2. The predicted molar refractivity (Wildman–Crippen MR) is 78.9 cm³/mol. The number of H-pyrrole nitrogens is 2. The summed E-state index contributed by atoms with van der Waals surface area (Å²) in [6.45, 7) is 1.41. The Bertz CT molecular complexity index is 964. The molecule has 0 saturated carbocycles. The first kappa shape index (κ1) is 12.7. The van der Waals surface area contributed by atoms with Gasteiger partial charge in [-0.25, -0.2) is 19.9 Å². The van der Waals surface area contributed by atoms with Crippen molar-refractivity contribution in [1.29, 1.82) is 0 Å². The SMILES string of the molecule is Cn1c(C2CN(c3ccc4nc[nH]c(=O)c4n3)C2)n[nH]c1=O. The zero-order valence-electron chi connectivity index (χ0n) is 11.8. The highest BCUT2D eigenvalue weighted by molar-refractivity contribution is 5.75. The van der Waals surface area contributed by atoms with Crippen LogP contribution in [0.15, 0.2) is 28.0 Å². The third-order valence-corrected chi connectivity index (χ3v) is 3.96. The number of rotatable bonds is 2. The van der Waals surface area contributed by atoms with E-state index in [1.807, 2.05) is 11.0 Å². The summed E-state index contributed by atoms with van der Waals surface area (Å²) in [6.07, 6.45) is 1.36. The molecule has 4 rings (SSSR count). The first-order valence-corrected chi connectivity index (χ1v) is 6.84. The largest absolute Gasteiger partial charge is 0.355 e. The van der Waals surface area contributed by atoms with Crippen LogP contribution in [0.3, 0.4) is 0 Å². The molecule has 22 heavy (non-hydrogen) atoms. The Kier molecular flexibility index (Phi) is 2.62. The highest BCUT2D eigenvalue weighted by Gasteiger charge is 2.32. The smallest absolute Gasteiger partial charge is 0.343 e. The lowest BCUT2D eigenvalue weighted by atomic mass is 9.99. The maximum atomic E-state index is 11.8. The predicted octanol–water partition coefficient (Wildman–Crippen LogP) is -0.656.